The number of rotatable bonds is 5. The highest BCUT2D eigenvalue weighted by Gasteiger charge is 2.34. The maximum Gasteiger partial charge on any atom is 0.147 e. The predicted octanol–water partition coefficient (Wildman–Crippen LogP) is 1.84. The fraction of sp³-hybridized carbons (Fsp3) is 0.500. The molecule has 33 heavy (non-hydrogen) atoms. The van der Waals surface area contributed by atoms with E-state index in [2.05, 4.69) is 0 Å². The molecule has 0 aromatic heterocycles. The topological polar surface area (TPSA) is 118 Å². The van der Waals surface area contributed by atoms with Gasteiger partial charge < -0.3 is 39.4 Å². The summed E-state index contributed by atoms with van der Waals surface area (Å²) in [6, 6.07) is 12.9. The molecule has 5 unspecified atom stereocenters. The van der Waals surface area contributed by atoms with Gasteiger partial charge in [0.15, 0.2) is 0 Å². The molecule has 0 saturated carbocycles. The third kappa shape index (κ3) is 7.37. The van der Waals surface area contributed by atoms with Crippen molar-refractivity contribution in [2.75, 3.05) is 33.2 Å². The van der Waals surface area contributed by atoms with E-state index in [0.717, 1.165) is 16.9 Å². The van der Waals surface area contributed by atoms with E-state index in [4.69, 9.17) is 30.5 Å². The molecule has 0 spiro atoms. The molecule has 0 amide bonds. The highest BCUT2D eigenvalue weighted by atomic mass is 35.5. The van der Waals surface area contributed by atoms with Gasteiger partial charge in [-0.25, -0.2) is 0 Å². The predicted molar refractivity (Wildman–Crippen MR) is 121 cm³/mol. The first kappa shape index (κ1) is 25.9. The summed E-state index contributed by atoms with van der Waals surface area (Å²) >= 11 is 6.43. The van der Waals surface area contributed by atoms with Crippen molar-refractivity contribution in [2.24, 2.45) is 0 Å². The van der Waals surface area contributed by atoms with Crippen LogP contribution < -0.4 is 4.74 Å². The van der Waals surface area contributed by atoms with Crippen LogP contribution in [0.1, 0.15) is 29.7 Å². The Labute approximate surface area is 198 Å². The molecule has 8 nitrogen and oxygen atoms in total. The van der Waals surface area contributed by atoms with Gasteiger partial charge in [0, 0.05) is 5.02 Å². The van der Waals surface area contributed by atoms with Crippen molar-refractivity contribution in [3.8, 4) is 5.75 Å². The van der Waals surface area contributed by atoms with E-state index < -0.39 is 30.5 Å². The summed E-state index contributed by atoms with van der Waals surface area (Å²) in [5.41, 5.74) is 2.37. The third-order valence-corrected chi connectivity index (χ3v) is 5.69. The lowest BCUT2D eigenvalue weighted by molar-refractivity contribution is -0.185. The molecule has 1 saturated heterocycles. The quantitative estimate of drug-likeness (QED) is 0.510. The Morgan fingerprint density at radius 1 is 0.939 bits per heavy atom. The molecule has 3 rings (SSSR count). The van der Waals surface area contributed by atoms with E-state index in [9.17, 15) is 20.4 Å². The Morgan fingerprint density at radius 3 is 2.39 bits per heavy atom. The highest BCUT2D eigenvalue weighted by molar-refractivity contribution is 6.31. The molecule has 0 bridgehead atoms. The average molecular weight is 483 g/mol. The van der Waals surface area contributed by atoms with Gasteiger partial charge in [-0.15, -0.1) is 0 Å². The minimum atomic E-state index is -1.54. The second-order valence-electron chi connectivity index (χ2n) is 7.92. The first-order valence-electron chi connectivity index (χ1n) is 10.9. The molecule has 0 aliphatic carbocycles. The molecule has 1 heterocycles. The molecule has 2 aromatic rings. The molecule has 182 valence electrons. The zero-order valence-corrected chi connectivity index (χ0v) is 19.2. The van der Waals surface area contributed by atoms with E-state index in [0.29, 0.717) is 23.6 Å². The largest absolute Gasteiger partial charge is 0.494 e. The van der Waals surface area contributed by atoms with E-state index in [1.165, 1.54) is 0 Å². The van der Waals surface area contributed by atoms with Crippen LogP contribution in [0.3, 0.4) is 0 Å². The number of aliphatic hydroxyl groups excluding tert-OH is 4. The summed E-state index contributed by atoms with van der Waals surface area (Å²) in [6.45, 7) is 1.91. The Balaban J connectivity index is 1.82. The molecule has 9 heteroatoms. The molecule has 1 aliphatic heterocycles. The Bertz CT molecular complexity index is 862. The maximum atomic E-state index is 10.8. The van der Waals surface area contributed by atoms with E-state index in [-0.39, 0.29) is 26.6 Å². The van der Waals surface area contributed by atoms with Crippen LogP contribution in [0.4, 0.5) is 0 Å². The third-order valence-electron chi connectivity index (χ3n) is 5.32. The van der Waals surface area contributed by atoms with Crippen molar-refractivity contribution in [2.45, 2.75) is 43.9 Å². The lowest BCUT2D eigenvalue weighted by Crippen LogP contribution is -2.44. The second-order valence-corrected chi connectivity index (χ2v) is 8.33. The van der Waals surface area contributed by atoms with Crippen LogP contribution in [-0.4, -0.2) is 78.1 Å². The summed E-state index contributed by atoms with van der Waals surface area (Å²) in [4.78, 5) is 0. The summed E-state index contributed by atoms with van der Waals surface area (Å²) in [5, 5.41) is 41.8. The molecular formula is C24H31ClO8. The van der Waals surface area contributed by atoms with Crippen molar-refractivity contribution in [1.29, 1.82) is 0 Å². The molecule has 2 aromatic carbocycles. The molecule has 4 N–H and O–H groups in total. The summed E-state index contributed by atoms with van der Waals surface area (Å²) in [6.07, 6.45) is -5.76. The minimum Gasteiger partial charge on any atom is -0.494 e. The van der Waals surface area contributed by atoms with E-state index in [1.54, 1.807) is 18.2 Å². The molecule has 0 radical (unpaired) electrons. The zero-order chi connectivity index (χ0) is 23.8. The van der Waals surface area contributed by atoms with Crippen LogP contribution in [0, 0.1) is 0 Å². The highest BCUT2D eigenvalue weighted by Crippen LogP contribution is 2.30. The number of ether oxygens (including phenoxy) is 4. The van der Waals surface area contributed by atoms with Crippen LogP contribution in [0.5, 0.6) is 5.75 Å². The van der Waals surface area contributed by atoms with Gasteiger partial charge in [-0.3, -0.25) is 0 Å². The van der Waals surface area contributed by atoms with Gasteiger partial charge in [0.1, 0.15) is 43.1 Å². The number of benzene rings is 2. The van der Waals surface area contributed by atoms with Gasteiger partial charge in [-0.1, -0.05) is 35.9 Å². The van der Waals surface area contributed by atoms with Crippen molar-refractivity contribution < 1.29 is 39.4 Å². The van der Waals surface area contributed by atoms with E-state index >= 15 is 0 Å². The van der Waals surface area contributed by atoms with Crippen LogP contribution in [0.2, 0.25) is 5.02 Å². The SMILES string of the molecule is CCOc1ccc(Cc2cc(C3OCOCC(O)COCC(O)C(O)C3O)ccc2Cl)cc1. The van der Waals surface area contributed by atoms with Gasteiger partial charge in [0.2, 0.25) is 0 Å². The fourth-order valence-corrected chi connectivity index (χ4v) is 3.76. The number of aliphatic hydroxyl groups is 4. The van der Waals surface area contributed by atoms with Crippen LogP contribution in [-0.2, 0) is 20.6 Å². The van der Waals surface area contributed by atoms with Crippen LogP contribution >= 0.6 is 11.6 Å². The standard InChI is InChI=1S/C24H31ClO8/c1-2-32-19-6-3-15(4-7-19)9-17-10-16(5-8-20(17)25)24-23(29)22(28)21(27)13-30-11-18(26)12-31-14-33-24/h3-8,10,18,21-24,26-29H,2,9,11-14H2,1H3. The fourth-order valence-electron chi connectivity index (χ4n) is 3.57. The molecule has 5 atom stereocenters. The first-order valence-corrected chi connectivity index (χ1v) is 11.3. The Kier molecular flexibility index (Phi) is 9.91. The smallest absolute Gasteiger partial charge is 0.147 e. The van der Waals surface area contributed by atoms with E-state index in [1.807, 2.05) is 31.2 Å². The summed E-state index contributed by atoms with van der Waals surface area (Å²) in [5.74, 6) is 0.785. The minimum absolute atomic E-state index is 0.0366. The normalized spacial score (nSPS) is 27.4. The lowest BCUT2D eigenvalue weighted by Gasteiger charge is -2.31. The summed E-state index contributed by atoms with van der Waals surface area (Å²) < 4.78 is 21.7. The maximum absolute atomic E-state index is 10.8. The zero-order valence-electron chi connectivity index (χ0n) is 18.5. The van der Waals surface area contributed by atoms with Gasteiger partial charge in [0.25, 0.3) is 0 Å². The summed E-state index contributed by atoms with van der Waals surface area (Å²) in [7, 11) is 0. The van der Waals surface area contributed by atoms with Gasteiger partial charge >= 0.3 is 0 Å². The first-order chi connectivity index (χ1) is 15.9. The van der Waals surface area contributed by atoms with Gasteiger partial charge in [-0.05, 0) is 48.2 Å². The Morgan fingerprint density at radius 2 is 1.67 bits per heavy atom. The van der Waals surface area contributed by atoms with Crippen molar-refractivity contribution in [3.63, 3.8) is 0 Å². The average Bonchev–Trinajstić information content (AvgIpc) is 2.80. The monoisotopic (exact) mass is 482 g/mol. The second kappa shape index (κ2) is 12.6. The van der Waals surface area contributed by atoms with Crippen molar-refractivity contribution in [1.82, 2.24) is 0 Å². The molecule has 1 fully saturated rings. The number of hydrogen-bond acceptors (Lipinski definition) is 8. The number of hydrogen-bond donors (Lipinski definition) is 4. The molecule has 1 aliphatic rings. The molecular weight excluding hydrogens is 452 g/mol. The van der Waals surface area contributed by atoms with Gasteiger partial charge in [-0.2, -0.15) is 0 Å². The van der Waals surface area contributed by atoms with Crippen LogP contribution in [0.15, 0.2) is 42.5 Å². The number of halogens is 1. The van der Waals surface area contributed by atoms with Crippen molar-refractivity contribution in [3.05, 3.63) is 64.2 Å². The lowest BCUT2D eigenvalue weighted by atomic mass is 9.94. The van der Waals surface area contributed by atoms with Gasteiger partial charge in [0.05, 0.1) is 26.4 Å². The Hall–Kier alpha value is -1.75. The van der Waals surface area contributed by atoms with Crippen LogP contribution in [0.25, 0.3) is 0 Å². The van der Waals surface area contributed by atoms with Crippen molar-refractivity contribution >= 4 is 11.6 Å².